The van der Waals surface area contributed by atoms with Crippen molar-refractivity contribution in [3.05, 3.63) is 33.9 Å². The highest BCUT2D eigenvalue weighted by atomic mass is 16.6. The van der Waals surface area contributed by atoms with Gasteiger partial charge in [0.25, 0.3) is 5.69 Å². The second kappa shape index (κ2) is 4.51. The lowest BCUT2D eigenvalue weighted by Gasteiger charge is -2.22. The second-order valence-electron chi connectivity index (χ2n) is 4.34. The molecule has 1 heterocycles. The Balaban J connectivity index is 2.40. The number of benzene rings is 1. The van der Waals surface area contributed by atoms with Crippen LogP contribution in [-0.4, -0.2) is 28.7 Å². The number of rotatable bonds is 3. The third kappa shape index (κ3) is 2.12. The quantitative estimate of drug-likeness (QED) is 0.500. The SMILES string of the molecule is CCOC(=O)[C@@H]1Oc2ccc([N+](=O)[O-])cc2[C@]1(C)O. The number of hydrogen-bond donors (Lipinski definition) is 1. The van der Waals surface area contributed by atoms with E-state index in [1.165, 1.54) is 25.1 Å². The Morgan fingerprint density at radius 3 is 2.89 bits per heavy atom. The zero-order valence-electron chi connectivity index (χ0n) is 10.5. The molecular formula is C12H13NO6. The van der Waals surface area contributed by atoms with E-state index >= 15 is 0 Å². The van der Waals surface area contributed by atoms with E-state index < -0.39 is 22.6 Å². The van der Waals surface area contributed by atoms with E-state index in [0.717, 1.165) is 0 Å². The summed E-state index contributed by atoms with van der Waals surface area (Å²) in [5, 5.41) is 21.1. The number of carbonyl (C=O) groups is 1. The van der Waals surface area contributed by atoms with E-state index in [-0.39, 0.29) is 23.6 Å². The molecule has 1 aromatic rings. The first kappa shape index (κ1) is 13.3. The Kier molecular flexibility index (Phi) is 3.15. The van der Waals surface area contributed by atoms with Crippen LogP contribution in [0.25, 0.3) is 0 Å². The first-order chi connectivity index (χ1) is 8.87. The molecule has 2 rings (SSSR count). The summed E-state index contributed by atoms with van der Waals surface area (Å²) in [6.07, 6.45) is -1.22. The van der Waals surface area contributed by atoms with E-state index in [9.17, 15) is 20.0 Å². The van der Waals surface area contributed by atoms with Crippen molar-refractivity contribution >= 4 is 11.7 Å². The van der Waals surface area contributed by atoms with E-state index in [1.54, 1.807) is 6.92 Å². The van der Waals surface area contributed by atoms with Crippen molar-refractivity contribution in [1.82, 2.24) is 0 Å². The lowest BCUT2D eigenvalue weighted by atomic mass is 9.92. The fraction of sp³-hybridized carbons (Fsp3) is 0.417. The molecule has 0 radical (unpaired) electrons. The monoisotopic (exact) mass is 267 g/mol. The van der Waals surface area contributed by atoms with Crippen LogP contribution in [0.3, 0.4) is 0 Å². The van der Waals surface area contributed by atoms with Crippen LogP contribution in [0, 0.1) is 10.1 Å². The van der Waals surface area contributed by atoms with Crippen molar-refractivity contribution < 1.29 is 24.3 Å². The summed E-state index contributed by atoms with van der Waals surface area (Å²) in [6, 6.07) is 3.82. The Bertz CT molecular complexity index is 539. The number of nitro groups is 1. The van der Waals surface area contributed by atoms with Gasteiger partial charge in [0.1, 0.15) is 11.4 Å². The summed E-state index contributed by atoms with van der Waals surface area (Å²) in [4.78, 5) is 21.9. The molecule has 1 aromatic carbocycles. The van der Waals surface area contributed by atoms with Gasteiger partial charge in [-0.3, -0.25) is 10.1 Å². The van der Waals surface area contributed by atoms with Crippen molar-refractivity contribution in [3.63, 3.8) is 0 Å². The standard InChI is InChI=1S/C12H13NO6/c1-3-18-11(14)10-12(2,15)8-6-7(13(16)17)4-5-9(8)19-10/h4-6,10,15H,3H2,1-2H3/t10-,12-/m0/s1. The number of nitro benzene ring substituents is 1. The molecule has 0 spiro atoms. The molecule has 0 amide bonds. The van der Waals surface area contributed by atoms with Crippen LogP contribution in [0.15, 0.2) is 18.2 Å². The number of carbonyl (C=O) groups excluding carboxylic acids is 1. The van der Waals surface area contributed by atoms with Crippen LogP contribution in [0.2, 0.25) is 0 Å². The third-order valence-electron chi connectivity index (χ3n) is 2.98. The van der Waals surface area contributed by atoms with Crippen molar-refractivity contribution in [2.75, 3.05) is 6.61 Å². The molecule has 102 valence electrons. The average Bonchev–Trinajstić information content (AvgIpc) is 2.61. The van der Waals surface area contributed by atoms with Gasteiger partial charge in [0, 0.05) is 17.7 Å². The van der Waals surface area contributed by atoms with Gasteiger partial charge in [0.05, 0.1) is 11.5 Å². The van der Waals surface area contributed by atoms with Crippen LogP contribution < -0.4 is 4.74 Å². The first-order valence-electron chi connectivity index (χ1n) is 5.72. The van der Waals surface area contributed by atoms with Crippen LogP contribution in [-0.2, 0) is 15.1 Å². The number of aliphatic hydroxyl groups is 1. The van der Waals surface area contributed by atoms with Crippen LogP contribution in [0.4, 0.5) is 5.69 Å². The smallest absolute Gasteiger partial charge is 0.350 e. The van der Waals surface area contributed by atoms with E-state index in [4.69, 9.17) is 9.47 Å². The molecule has 0 fully saturated rings. The van der Waals surface area contributed by atoms with Crippen LogP contribution in [0.1, 0.15) is 19.4 Å². The highest BCUT2D eigenvalue weighted by Crippen LogP contribution is 2.43. The summed E-state index contributed by atoms with van der Waals surface area (Å²) < 4.78 is 10.1. The Morgan fingerprint density at radius 1 is 1.63 bits per heavy atom. The lowest BCUT2D eigenvalue weighted by Crippen LogP contribution is -2.42. The van der Waals surface area contributed by atoms with Gasteiger partial charge in [-0.25, -0.2) is 4.79 Å². The van der Waals surface area contributed by atoms with Crippen LogP contribution >= 0.6 is 0 Å². The average molecular weight is 267 g/mol. The summed E-state index contributed by atoms with van der Waals surface area (Å²) in [7, 11) is 0. The van der Waals surface area contributed by atoms with Gasteiger partial charge in [-0.05, 0) is 19.9 Å². The first-order valence-corrected chi connectivity index (χ1v) is 5.72. The van der Waals surface area contributed by atoms with Crippen molar-refractivity contribution in [2.45, 2.75) is 25.6 Å². The van der Waals surface area contributed by atoms with Gasteiger partial charge in [-0.15, -0.1) is 0 Å². The van der Waals surface area contributed by atoms with Crippen LogP contribution in [0.5, 0.6) is 5.75 Å². The third-order valence-corrected chi connectivity index (χ3v) is 2.98. The zero-order chi connectivity index (χ0) is 14.2. The minimum absolute atomic E-state index is 0.158. The number of esters is 1. The molecule has 7 nitrogen and oxygen atoms in total. The molecule has 0 aromatic heterocycles. The Labute approximate surface area is 108 Å². The van der Waals surface area contributed by atoms with Gasteiger partial charge >= 0.3 is 5.97 Å². The predicted molar refractivity (Wildman–Crippen MR) is 63.7 cm³/mol. The second-order valence-corrected chi connectivity index (χ2v) is 4.34. The summed E-state index contributed by atoms with van der Waals surface area (Å²) in [5.74, 6) is -0.458. The van der Waals surface area contributed by atoms with Gasteiger partial charge in [0.2, 0.25) is 6.10 Å². The molecule has 2 atom stereocenters. The minimum Gasteiger partial charge on any atom is -0.475 e. The van der Waals surface area contributed by atoms with Gasteiger partial charge in [0.15, 0.2) is 0 Å². The summed E-state index contributed by atoms with van der Waals surface area (Å²) >= 11 is 0. The normalized spacial score (nSPS) is 24.5. The number of nitrogens with zero attached hydrogens (tertiary/aromatic N) is 1. The highest BCUT2D eigenvalue weighted by molar-refractivity contribution is 5.79. The number of hydrogen-bond acceptors (Lipinski definition) is 6. The molecular weight excluding hydrogens is 254 g/mol. The highest BCUT2D eigenvalue weighted by Gasteiger charge is 2.49. The zero-order valence-corrected chi connectivity index (χ0v) is 10.5. The van der Waals surface area contributed by atoms with Gasteiger partial charge in [-0.1, -0.05) is 0 Å². The Hall–Kier alpha value is -2.15. The maximum atomic E-state index is 11.7. The van der Waals surface area contributed by atoms with Crippen molar-refractivity contribution in [1.29, 1.82) is 0 Å². The minimum atomic E-state index is -1.66. The molecule has 0 unspecified atom stereocenters. The lowest BCUT2D eigenvalue weighted by molar-refractivity contribution is -0.385. The predicted octanol–water partition coefficient (Wildman–Crippen LogP) is 1.13. The maximum Gasteiger partial charge on any atom is 0.350 e. The molecule has 0 saturated heterocycles. The fourth-order valence-corrected chi connectivity index (χ4v) is 2.01. The Morgan fingerprint density at radius 2 is 2.32 bits per heavy atom. The maximum absolute atomic E-state index is 11.7. The molecule has 0 bridgehead atoms. The van der Waals surface area contributed by atoms with E-state index in [2.05, 4.69) is 0 Å². The number of ether oxygens (including phenoxy) is 2. The van der Waals surface area contributed by atoms with Crippen molar-refractivity contribution in [3.8, 4) is 5.75 Å². The molecule has 0 saturated carbocycles. The molecule has 7 heteroatoms. The van der Waals surface area contributed by atoms with E-state index in [1.807, 2.05) is 0 Å². The van der Waals surface area contributed by atoms with Crippen molar-refractivity contribution in [2.24, 2.45) is 0 Å². The molecule has 1 aliphatic heterocycles. The largest absolute Gasteiger partial charge is 0.475 e. The van der Waals surface area contributed by atoms with Gasteiger partial charge < -0.3 is 14.6 Å². The topological polar surface area (TPSA) is 98.9 Å². The number of fused-ring (bicyclic) bond motifs is 1. The van der Waals surface area contributed by atoms with Gasteiger partial charge in [-0.2, -0.15) is 0 Å². The molecule has 1 aliphatic rings. The molecule has 0 aliphatic carbocycles. The number of non-ortho nitro benzene ring substituents is 1. The summed E-state index contributed by atoms with van der Waals surface area (Å²) in [5.41, 5.74) is -1.62. The molecule has 1 N–H and O–H groups in total. The fourth-order valence-electron chi connectivity index (χ4n) is 2.01. The van der Waals surface area contributed by atoms with E-state index in [0.29, 0.717) is 0 Å². The summed E-state index contributed by atoms with van der Waals surface area (Å²) in [6.45, 7) is 3.16. The molecule has 19 heavy (non-hydrogen) atoms.